The second kappa shape index (κ2) is 8.38. The van der Waals surface area contributed by atoms with Gasteiger partial charge in [-0.1, -0.05) is 34.8 Å². The van der Waals surface area contributed by atoms with Crippen LogP contribution in [0.5, 0.6) is 11.5 Å². The van der Waals surface area contributed by atoms with Crippen molar-refractivity contribution in [1.29, 1.82) is 0 Å². The molecule has 0 amide bonds. The highest BCUT2D eigenvalue weighted by Gasteiger charge is 2.21. The molecule has 2 rings (SSSR count). The van der Waals surface area contributed by atoms with Crippen LogP contribution in [-0.2, 0) is 4.74 Å². The minimum atomic E-state index is -0.904. The summed E-state index contributed by atoms with van der Waals surface area (Å²) in [7, 11) is 2.89. The number of halogens is 3. The third kappa shape index (κ3) is 4.34. The molecule has 0 N–H and O–H groups in total. The lowest BCUT2D eigenvalue weighted by molar-refractivity contribution is 0.0468. The Hall–Kier alpha value is -2.02. The molecule has 6 nitrogen and oxygen atoms in total. The Morgan fingerprint density at radius 1 is 1.08 bits per heavy atom. The van der Waals surface area contributed by atoms with Crippen LogP contribution in [0, 0.1) is 0 Å². The number of pyridine rings is 1. The summed E-state index contributed by atoms with van der Waals surface area (Å²) in [6.45, 7) is -0.541. The van der Waals surface area contributed by atoms with E-state index < -0.39 is 18.4 Å². The largest absolute Gasteiger partial charge is 0.497 e. The molecule has 0 bridgehead atoms. The molecule has 1 heterocycles. The summed E-state index contributed by atoms with van der Waals surface area (Å²) < 4.78 is 15.2. The normalized spacial score (nSPS) is 10.3. The Bertz CT molecular complexity index is 826. The zero-order chi connectivity index (χ0) is 18.6. The van der Waals surface area contributed by atoms with E-state index in [1.165, 1.54) is 26.5 Å². The molecule has 1 aromatic heterocycles. The molecule has 0 atom stereocenters. The number of aromatic nitrogens is 1. The standard InChI is InChI=1S/C16H12Cl3NO5/c1-23-8-3-4-12(24-2)9(5-8)11(21)7-25-16(22)15-14(19)13(18)10(17)6-20-15/h3-6H,7H2,1-2H3. The Morgan fingerprint density at radius 2 is 1.80 bits per heavy atom. The summed E-state index contributed by atoms with van der Waals surface area (Å²) in [4.78, 5) is 28.2. The number of methoxy groups -OCH3 is 2. The first-order chi connectivity index (χ1) is 11.9. The van der Waals surface area contributed by atoms with Gasteiger partial charge in [-0.3, -0.25) is 4.79 Å². The van der Waals surface area contributed by atoms with E-state index >= 15 is 0 Å². The van der Waals surface area contributed by atoms with Crippen molar-refractivity contribution in [3.8, 4) is 11.5 Å². The smallest absolute Gasteiger partial charge is 0.358 e. The average Bonchev–Trinajstić information content (AvgIpc) is 2.63. The lowest BCUT2D eigenvalue weighted by Gasteiger charge is -2.10. The highest BCUT2D eigenvalue weighted by molar-refractivity contribution is 6.48. The molecule has 0 saturated carbocycles. The molecule has 0 aliphatic carbocycles. The van der Waals surface area contributed by atoms with Gasteiger partial charge in [-0.15, -0.1) is 0 Å². The molecule has 132 valence electrons. The number of ether oxygens (including phenoxy) is 3. The molecule has 9 heteroatoms. The first kappa shape index (κ1) is 19.3. The maximum Gasteiger partial charge on any atom is 0.358 e. The number of esters is 1. The lowest BCUT2D eigenvalue weighted by atomic mass is 10.1. The Morgan fingerprint density at radius 3 is 2.44 bits per heavy atom. The van der Waals surface area contributed by atoms with E-state index in [0.29, 0.717) is 11.5 Å². The van der Waals surface area contributed by atoms with Crippen molar-refractivity contribution < 1.29 is 23.8 Å². The quantitative estimate of drug-likeness (QED) is 0.533. The number of Topliss-reactive ketones (excluding diaryl/α,β-unsaturated/α-hetero) is 1. The SMILES string of the molecule is COc1ccc(OC)c(C(=O)COC(=O)c2ncc(Cl)c(Cl)c2Cl)c1. The topological polar surface area (TPSA) is 74.7 Å². The van der Waals surface area contributed by atoms with Gasteiger partial charge in [-0.05, 0) is 18.2 Å². The van der Waals surface area contributed by atoms with E-state index in [0.717, 1.165) is 0 Å². The van der Waals surface area contributed by atoms with Gasteiger partial charge in [0, 0.05) is 6.20 Å². The molecule has 25 heavy (non-hydrogen) atoms. The van der Waals surface area contributed by atoms with E-state index in [2.05, 4.69) is 4.98 Å². The number of rotatable bonds is 6. The van der Waals surface area contributed by atoms with Crippen LogP contribution in [0.1, 0.15) is 20.8 Å². The Labute approximate surface area is 158 Å². The fourth-order valence-electron chi connectivity index (χ4n) is 1.89. The fourth-order valence-corrected chi connectivity index (χ4v) is 2.45. The van der Waals surface area contributed by atoms with Gasteiger partial charge in [0.2, 0.25) is 5.78 Å². The van der Waals surface area contributed by atoms with Crippen molar-refractivity contribution in [1.82, 2.24) is 4.98 Å². The maximum atomic E-state index is 12.3. The molecular formula is C16H12Cl3NO5. The zero-order valence-corrected chi connectivity index (χ0v) is 15.4. The van der Waals surface area contributed by atoms with Gasteiger partial charge in [0.15, 0.2) is 12.3 Å². The van der Waals surface area contributed by atoms with Gasteiger partial charge in [-0.25, -0.2) is 9.78 Å². The van der Waals surface area contributed by atoms with Gasteiger partial charge in [0.05, 0.1) is 34.9 Å². The van der Waals surface area contributed by atoms with Crippen molar-refractivity contribution in [2.45, 2.75) is 0 Å². The average molecular weight is 405 g/mol. The van der Waals surface area contributed by atoms with E-state index in [9.17, 15) is 9.59 Å². The van der Waals surface area contributed by atoms with Crippen LogP contribution < -0.4 is 9.47 Å². The van der Waals surface area contributed by atoms with E-state index in [4.69, 9.17) is 49.0 Å². The van der Waals surface area contributed by atoms with Gasteiger partial charge in [0.25, 0.3) is 0 Å². The molecule has 0 aliphatic heterocycles. The zero-order valence-electron chi connectivity index (χ0n) is 13.1. The predicted octanol–water partition coefficient (Wildman–Crippen LogP) is 4.10. The number of benzene rings is 1. The Kier molecular flexibility index (Phi) is 6.47. The molecule has 0 saturated heterocycles. The molecule has 0 spiro atoms. The molecule has 0 aliphatic rings. The van der Waals surface area contributed by atoms with E-state index in [-0.39, 0.29) is 26.3 Å². The van der Waals surface area contributed by atoms with Crippen LogP contribution in [0.4, 0.5) is 0 Å². The van der Waals surface area contributed by atoms with Gasteiger partial charge in [0.1, 0.15) is 11.5 Å². The van der Waals surface area contributed by atoms with Crippen LogP contribution in [0.2, 0.25) is 15.1 Å². The summed E-state index contributed by atoms with van der Waals surface area (Å²) in [5, 5.41) is -0.0722. The first-order valence-corrected chi connectivity index (χ1v) is 7.94. The van der Waals surface area contributed by atoms with Gasteiger partial charge >= 0.3 is 5.97 Å². The van der Waals surface area contributed by atoms with Crippen LogP contribution in [-0.4, -0.2) is 37.6 Å². The first-order valence-electron chi connectivity index (χ1n) is 6.80. The highest BCUT2D eigenvalue weighted by atomic mass is 35.5. The highest BCUT2D eigenvalue weighted by Crippen LogP contribution is 2.31. The summed E-state index contributed by atoms with van der Waals surface area (Å²) in [5.41, 5.74) is -0.0238. The summed E-state index contributed by atoms with van der Waals surface area (Å²) in [6, 6.07) is 4.70. The fraction of sp³-hybridized carbons (Fsp3) is 0.188. The third-order valence-electron chi connectivity index (χ3n) is 3.15. The maximum absolute atomic E-state index is 12.3. The summed E-state index contributed by atoms with van der Waals surface area (Å²) >= 11 is 17.5. The van der Waals surface area contributed by atoms with Gasteiger partial charge < -0.3 is 14.2 Å². The van der Waals surface area contributed by atoms with Crippen LogP contribution in [0.3, 0.4) is 0 Å². The molecule has 1 aromatic carbocycles. The molecule has 0 unspecified atom stereocenters. The second-order valence-electron chi connectivity index (χ2n) is 4.65. The van der Waals surface area contributed by atoms with Crippen molar-refractivity contribution in [2.75, 3.05) is 20.8 Å². The summed E-state index contributed by atoms with van der Waals surface area (Å²) in [6.07, 6.45) is 1.17. The number of carbonyl (C=O) groups is 2. The van der Waals surface area contributed by atoms with E-state index in [1.807, 2.05) is 0 Å². The van der Waals surface area contributed by atoms with Crippen LogP contribution in [0.15, 0.2) is 24.4 Å². The molecule has 0 fully saturated rings. The van der Waals surface area contributed by atoms with Crippen molar-refractivity contribution >= 4 is 46.6 Å². The predicted molar refractivity (Wildman–Crippen MR) is 93.4 cm³/mol. The van der Waals surface area contributed by atoms with Crippen molar-refractivity contribution in [2.24, 2.45) is 0 Å². The monoisotopic (exact) mass is 403 g/mol. The minimum absolute atomic E-state index is 0.0222. The number of carbonyl (C=O) groups excluding carboxylic acids is 2. The Balaban J connectivity index is 2.15. The van der Waals surface area contributed by atoms with Crippen LogP contribution in [0.25, 0.3) is 0 Å². The number of ketones is 1. The van der Waals surface area contributed by atoms with E-state index in [1.54, 1.807) is 12.1 Å². The number of nitrogens with zero attached hydrogens (tertiary/aromatic N) is 1. The summed E-state index contributed by atoms with van der Waals surface area (Å²) in [5.74, 6) is -0.601. The molecule has 2 aromatic rings. The second-order valence-corrected chi connectivity index (χ2v) is 5.81. The number of hydrogen-bond donors (Lipinski definition) is 0. The molecular weight excluding hydrogens is 393 g/mol. The number of hydrogen-bond acceptors (Lipinski definition) is 6. The van der Waals surface area contributed by atoms with Crippen LogP contribution >= 0.6 is 34.8 Å². The van der Waals surface area contributed by atoms with Crippen molar-refractivity contribution in [3.05, 3.63) is 50.7 Å². The lowest BCUT2D eigenvalue weighted by Crippen LogP contribution is -2.16. The molecule has 0 radical (unpaired) electrons. The van der Waals surface area contributed by atoms with Gasteiger partial charge in [-0.2, -0.15) is 0 Å². The third-order valence-corrected chi connectivity index (χ3v) is 4.39. The van der Waals surface area contributed by atoms with Crippen molar-refractivity contribution in [3.63, 3.8) is 0 Å². The minimum Gasteiger partial charge on any atom is -0.497 e.